The zero-order valence-corrected chi connectivity index (χ0v) is 10.5. The number of benzene rings is 1. The Morgan fingerprint density at radius 2 is 1.69 bits per heavy atom. The molecule has 1 atom stereocenters. The molecule has 90 valence electrons. The highest BCUT2D eigenvalue weighted by Gasteiger charge is 2.23. The molecule has 0 spiro atoms. The lowest BCUT2D eigenvalue weighted by atomic mass is 10.1. The van der Waals surface area contributed by atoms with E-state index in [2.05, 4.69) is 0 Å². The Bertz CT molecular complexity index is 314. The second-order valence-electron chi connectivity index (χ2n) is 3.16. The predicted molar refractivity (Wildman–Crippen MR) is 63.3 cm³/mol. The molecule has 16 heavy (non-hydrogen) atoms. The molecule has 0 saturated carbocycles. The highest BCUT2D eigenvalue weighted by molar-refractivity contribution is 7.49. The number of rotatable bonds is 5. The fraction of sp³-hybridized carbons (Fsp3) is 0.333. The molecular formula is C9H14O5P2. The summed E-state index contributed by atoms with van der Waals surface area (Å²) in [6, 6.07) is 6.75. The maximum absolute atomic E-state index is 9.22. The SMILES string of the molecule is COc1ccc(C(CP(O)O)P(O)O)cc1. The Morgan fingerprint density at radius 1 is 1.12 bits per heavy atom. The summed E-state index contributed by atoms with van der Waals surface area (Å²) >= 11 is 0. The average molecular weight is 264 g/mol. The summed E-state index contributed by atoms with van der Waals surface area (Å²) in [5.74, 6) is 0.665. The number of hydrogen-bond acceptors (Lipinski definition) is 5. The summed E-state index contributed by atoms with van der Waals surface area (Å²) in [5.41, 5.74) is 0.0227. The smallest absolute Gasteiger partial charge is 0.173 e. The van der Waals surface area contributed by atoms with Gasteiger partial charge in [-0.05, 0) is 17.7 Å². The van der Waals surface area contributed by atoms with Crippen LogP contribution >= 0.6 is 16.8 Å². The van der Waals surface area contributed by atoms with E-state index in [1.807, 2.05) is 0 Å². The topological polar surface area (TPSA) is 90.2 Å². The Labute approximate surface area is 96.2 Å². The molecule has 0 heterocycles. The maximum atomic E-state index is 9.22. The van der Waals surface area contributed by atoms with E-state index in [-0.39, 0.29) is 6.16 Å². The van der Waals surface area contributed by atoms with Crippen molar-refractivity contribution in [2.24, 2.45) is 0 Å². The molecule has 0 saturated heterocycles. The van der Waals surface area contributed by atoms with Gasteiger partial charge in [-0.15, -0.1) is 0 Å². The molecule has 0 radical (unpaired) electrons. The van der Waals surface area contributed by atoms with Crippen molar-refractivity contribution in [3.8, 4) is 5.75 Å². The van der Waals surface area contributed by atoms with Crippen LogP contribution in [0.4, 0.5) is 0 Å². The van der Waals surface area contributed by atoms with Crippen molar-refractivity contribution in [3.05, 3.63) is 29.8 Å². The van der Waals surface area contributed by atoms with Gasteiger partial charge in [-0.1, -0.05) is 12.1 Å². The van der Waals surface area contributed by atoms with Crippen molar-refractivity contribution in [2.75, 3.05) is 13.3 Å². The molecule has 4 N–H and O–H groups in total. The van der Waals surface area contributed by atoms with Gasteiger partial charge in [-0.25, -0.2) is 0 Å². The van der Waals surface area contributed by atoms with Gasteiger partial charge in [-0.3, -0.25) is 0 Å². The quantitative estimate of drug-likeness (QED) is 0.602. The van der Waals surface area contributed by atoms with E-state index in [9.17, 15) is 9.79 Å². The van der Waals surface area contributed by atoms with E-state index >= 15 is 0 Å². The lowest BCUT2D eigenvalue weighted by Gasteiger charge is -2.18. The molecule has 7 heteroatoms. The third kappa shape index (κ3) is 3.95. The summed E-state index contributed by atoms with van der Waals surface area (Å²) in [5, 5.41) is 0. The van der Waals surface area contributed by atoms with Gasteiger partial charge in [0.25, 0.3) is 0 Å². The van der Waals surface area contributed by atoms with Crippen LogP contribution in [0.1, 0.15) is 11.2 Å². The molecule has 0 aromatic heterocycles. The van der Waals surface area contributed by atoms with Crippen LogP contribution in [-0.2, 0) is 0 Å². The van der Waals surface area contributed by atoms with Crippen LogP contribution < -0.4 is 4.74 Å². The van der Waals surface area contributed by atoms with Crippen molar-refractivity contribution < 1.29 is 24.3 Å². The molecule has 0 aliphatic carbocycles. The van der Waals surface area contributed by atoms with Gasteiger partial charge in [0, 0.05) is 6.16 Å². The monoisotopic (exact) mass is 264 g/mol. The highest BCUT2D eigenvalue weighted by Crippen LogP contribution is 2.49. The molecule has 1 aromatic rings. The van der Waals surface area contributed by atoms with Crippen LogP contribution in [0, 0.1) is 0 Å². The molecule has 0 aliphatic rings. The molecule has 1 unspecified atom stereocenters. The summed E-state index contributed by atoms with van der Waals surface area (Å²) in [4.78, 5) is 36.3. The molecular weight excluding hydrogens is 250 g/mol. The number of ether oxygens (including phenoxy) is 1. The number of hydrogen-bond donors (Lipinski definition) is 4. The minimum absolute atomic E-state index is 0.0413. The summed E-state index contributed by atoms with van der Waals surface area (Å²) in [6.07, 6.45) is -0.0413. The molecule has 0 amide bonds. The normalized spacial score (nSPS) is 13.2. The Hall–Kier alpha value is -0.280. The van der Waals surface area contributed by atoms with Gasteiger partial charge in [0.2, 0.25) is 0 Å². The fourth-order valence-electron chi connectivity index (χ4n) is 1.29. The first kappa shape index (κ1) is 13.8. The zero-order valence-electron chi connectivity index (χ0n) is 8.69. The second kappa shape index (κ2) is 6.45. The van der Waals surface area contributed by atoms with Crippen molar-refractivity contribution in [2.45, 2.75) is 5.66 Å². The third-order valence-electron chi connectivity index (χ3n) is 2.12. The van der Waals surface area contributed by atoms with Crippen LogP contribution in [0.2, 0.25) is 0 Å². The highest BCUT2D eigenvalue weighted by atomic mass is 31.2. The Balaban J connectivity index is 2.84. The first-order chi connectivity index (χ1) is 7.54. The predicted octanol–water partition coefficient (Wildman–Crippen LogP) is 1.33. The van der Waals surface area contributed by atoms with Crippen LogP contribution in [-0.4, -0.2) is 32.8 Å². The molecule has 5 nitrogen and oxygen atoms in total. The summed E-state index contributed by atoms with van der Waals surface area (Å²) in [7, 11) is -2.83. The van der Waals surface area contributed by atoms with E-state index < -0.39 is 22.4 Å². The van der Waals surface area contributed by atoms with Crippen molar-refractivity contribution in [1.29, 1.82) is 0 Å². The van der Waals surface area contributed by atoms with Crippen LogP contribution in [0.3, 0.4) is 0 Å². The lowest BCUT2D eigenvalue weighted by Crippen LogP contribution is -2.01. The van der Waals surface area contributed by atoms with Crippen molar-refractivity contribution in [3.63, 3.8) is 0 Å². The summed E-state index contributed by atoms with van der Waals surface area (Å²) in [6.45, 7) is 0. The van der Waals surface area contributed by atoms with Gasteiger partial charge in [0.1, 0.15) is 5.75 Å². The van der Waals surface area contributed by atoms with Gasteiger partial charge in [0.15, 0.2) is 16.8 Å². The maximum Gasteiger partial charge on any atom is 0.173 e. The van der Waals surface area contributed by atoms with E-state index in [0.29, 0.717) is 11.3 Å². The molecule has 1 rings (SSSR count). The van der Waals surface area contributed by atoms with Gasteiger partial charge >= 0.3 is 0 Å². The third-order valence-corrected chi connectivity index (χ3v) is 4.13. The first-order valence-corrected chi connectivity index (χ1v) is 7.25. The fourth-order valence-corrected chi connectivity index (χ4v) is 3.27. The Kier molecular flexibility index (Phi) is 5.56. The second-order valence-corrected chi connectivity index (χ2v) is 5.54. The standard InChI is InChI=1S/C9H14O5P2/c1-14-8-4-2-7(3-5-8)9(16(12)13)6-15(10)11/h2-5,9-13H,6H2,1H3. The summed E-state index contributed by atoms with van der Waals surface area (Å²) < 4.78 is 4.98. The van der Waals surface area contributed by atoms with Crippen molar-refractivity contribution in [1.82, 2.24) is 0 Å². The largest absolute Gasteiger partial charge is 0.497 e. The van der Waals surface area contributed by atoms with Crippen LogP contribution in [0.15, 0.2) is 24.3 Å². The van der Waals surface area contributed by atoms with E-state index in [0.717, 1.165) is 0 Å². The molecule has 0 bridgehead atoms. The van der Waals surface area contributed by atoms with Gasteiger partial charge in [0.05, 0.1) is 12.8 Å². The zero-order chi connectivity index (χ0) is 12.1. The Morgan fingerprint density at radius 3 is 2.06 bits per heavy atom. The van der Waals surface area contributed by atoms with Crippen LogP contribution in [0.25, 0.3) is 0 Å². The molecule has 0 aliphatic heterocycles. The lowest BCUT2D eigenvalue weighted by molar-refractivity contribution is 0.414. The molecule has 0 fully saturated rings. The van der Waals surface area contributed by atoms with Crippen molar-refractivity contribution >= 4 is 16.8 Å². The van der Waals surface area contributed by atoms with Gasteiger partial charge < -0.3 is 24.3 Å². The first-order valence-electron chi connectivity index (χ1n) is 4.51. The minimum atomic E-state index is -2.23. The van der Waals surface area contributed by atoms with E-state index in [1.165, 1.54) is 7.11 Å². The minimum Gasteiger partial charge on any atom is -0.497 e. The van der Waals surface area contributed by atoms with Crippen LogP contribution in [0.5, 0.6) is 5.75 Å². The van der Waals surface area contributed by atoms with E-state index in [1.54, 1.807) is 24.3 Å². The molecule has 1 aromatic carbocycles. The van der Waals surface area contributed by atoms with E-state index in [4.69, 9.17) is 14.5 Å². The average Bonchev–Trinajstić information content (AvgIpc) is 2.25. The number of methoxy groups -OCH3 is 1. The van der Waals surface area contributed by atoms with Gasteiger partial charge in [-0.2, -0.15) is 0 Å².